The van der Waals surface area contributed by atoms with Gasteiger partial charge in [0.05, 0.1) is 18.8 Å². The number of carbonyl (C=O) groups excluding carboxylic acids is 1. The molecule has 0 aliphatic rings. The van der Waals surface area contributed by atoms with E-state index in [4.69, 9.17) is 0 Å². The van der Waals surface area contributed by atoms with Gasteiger partial charge in [0.25, 0.3) is 0 Å². The second-order valence-corrected chi connectivity index (χ2v) is 12.2. The van der Waals surface area contributed by atoms with E-state index in [1.165, 1.54) is 77.0 Å². The van der Waals surface area contributed by atoms with Crippen LogP contribution in [0.1, 0.15) is 168 Å². The van der Waals surface area contributed by atoms with Crippen LogP contribution in [0.3, 0.4) is 0 Å². The van der Waals surface area contributed by atoms with Gasteiger partial charge in [-0.2, -0.15) is 0 Å². The van der Waals surface area contributed by atoms with Crippen molar-refractivity contribution in [2.75, 3.05) is 6.61 Å². The Morgan fingerprint density at radius 2 is 1.02 bits per heavy atom. The highest BCUT2D eigenvalue weighted by Crippen LogP contribution is 2.14. The van der Waals surface area contributed by atoms with Gasteiger partial charge in [0.1, 0.15) is 12.2 Å². The Hall–Kier alpha value is -1.21. The van der Waals surface area contributed by atoms with Crippen molar-refractivity contribution < 1.29 is 25.2 Å². The molecule has 0 bridgehead atoms. The molecule has 0 aromatic rings. The van der Waals surface area contributed by atoms with E-state index in [9.17, 15) is 25.2 Å². The minimum Gasteiger partial charge on any atom is -0.394 e. The van der Waals surface area contributed by atoms with Crippen LogP contribution in [0.5, 0.6) is 0 Å². The van der Waals surface area contributed by atoms with Crippen LogP contribution in [-0.2, 0) is 4.79 Å². The van der Waals surface area contributed by atoms with E-state index >= 15 is 0 Å². The lowest BCUT2D eigenvalue weighted by Gasteiger charge is -2.27. The van der Waals surface area contributed by atoms with E-state index in [2.05, 4.69) is 43.5 Å². The smallest absolute Gasteiger partial charge is 0.249 e. The fraction of sp³-hybridized carbons (Fsp3) is 0.861. The van der Waals surface area contributed by atoms with Crippen molar-refractivity contribution in [1.82, 2.24) is 5.32 Å². The molecule has 6 heteroatoms. The Morgan fingerprint density at radius 3 is 1.52 bits per heavy atom. The number of nitrogens with one attached hydrogen (secondary N) is 1. The molecule has 248 valence electrons. The predicted octanol–water partition coefficient (Wildman–Crippen LogP) is 8.06. The number of hydrogen-bond donors (Lipinski definition) is 5. The summed E-state index contributed by atoms with van der Waals surface area (Å²) in [6.45, 7) is 3.89. The molecule has 0 aliphatic heterocycles. The number of hydrogen-bond acceptors (Lipinski definition) is 5. The van der Waals surface area contributed by atoms with Crippen molar-refractivity contribution in [2.45, 2.75) is 192 Å². The maximum atomic E-state index is 12.3. The number of aliphatic hydroxyl groups excluding tert-OH is 4. The van der Waals surface area contributed by atoms with E-state index in [1.807, 2.05) is 0 Å². The lowest BCUT2D eigenvalue weighted by atomic mass is 9.99. The predicted molar refractivity (Wildman–Crippen MR) is 177 cm³/mol. The maximum absolute atomic E-state index is 12.3. The Bertz CT molecular complexity index is 638. The quantitative estimate of drug-likeness (QED) is 0.0411. The fourth-order valence-corrected chi connectivity index (χ4v) is 5.25. The van der Waals surface area contributed by atoms with Crippen molar-refractivity contribution in [2.24, 2.45) is 0 Å². The lowest BCUT2D eigenvalue weighted by molar-refractivity contribution is -0.132. The third kappa shape index (κ3) is 25.3. The van der Waals surface area contributed by atoms with Crippen LogP contribution in [0, 0.1) is 0 Å². The molecule has 6 nitrogen and oxygen atoms in total. The van der Waals surface area contributed by atoms with Gasteiger partial charge in [0.15, 0.2) is 0 Å². The van der Waals surface area contributed by atoms with Crippen LogP contribution < -0.4 is 5.32 Å². The Kier molecular flexibility index (Phi) is 30.3. The summed E-state index contributed by atoms with van der Waals surface area (Å²) >= 11 is 0. The summed E-state index contributed by atoms with van der Waals surface area (Å²) in [5.74, 6) is -0.601. The number of allylic oxidation sites excluding steroid dienone is 4. The van der Waals surface area contributed by atoms with Crippen molar-refractivity contribution in [3.8, 4) is 0 Å². The van der Waals surface area contributed by atoms with Gasteiger partial charge in [-0.25, -0.2) is 0 Å². The standard InChI is InChI=1S/C36H69NO5/c1-3-5-7-9-10-11-12-13-14-15-16-17-18-19-20-21-22-23-24-25-26-28-30-34(40)36(42)37-32(31-38)35(41)33(39)29-27-8-6-4-2/h16-17,19-20,32-35,38-41H,3-15,18,21-31H2,1-2H3,(H,37,42)/b17-16-,20-19-. The molecule has 0 rings (SSSR count). The van der Waals surface area contributed by atoms with Crippen molar-refractivity contribution >= 4 is 5.91 Å². The minimum atomic E-state index is -1.26. The number of amides is 1. The van der Waals surface area contributed by atoms with Crippen molar-refractivity contribution in [3.05, 3.63) is 24.3 Å². The highest BCUT2D eigenvalue weighted by Gasteiger charge is 2.28. The van der Waals surface area contributed by atoms with Gasteiger partial charge in [-0.05, 0) is 44.9 Å². The summed E-state index contributed by atoms with van der Waals surface area (Å²) in [5.41, 5.74) is 0. The first kappa shape index (κ1) is 40.8. The van der Waals surface area contributed by atoms with Crippen molar-refractivity contribution in [1.29, 1.82) is 0 Å². The van der Waals surface area contributed by atoms with Crippen LogP contribution in [-0.4, -0.2) is 57.3 Å². The molecule has 0 saturated heterocycles. The Morgan fingerprint density at radius 1 is 0.595 bits per heavy atom. The SMILES string of the molecule is CCCCCCCCCCC/C=C\C/C=C\CCCCCCCCC(O)C(=O)NC(CO)C(O)C(O)CCCCCC. The highest BCUT2D eigenvalue weighted by molar-refractivity contribution is 5.80. The molecule has 5 N–H and O–H groups in total. The zero-order valence-corrected chi connectivity index (χ0v) is 27.5. The van der Waals surface area contributed by atoms with Crippen LogP contribution in [0.2, 0.25) is 0 Å². The molecule has 0 aliphatic carbocycles. The molecule has 0 aromatic heterocycles. The summed E-state index contributed by atoms with van der Waals surface area (Å²) in [4.78, 5) is 12.3. The van der Waals surface area contributed by atoms with Gasteiger partial charge in [0.2, 0.25) is 5.91 Å². The van der Waals surface area contributed by atoms with Gasteiger partial charge in [0, 0.05) is 0 Å². The lowest BCUT2D eigenvalue weighted by Crippen LogP contribution is -2.53. The number of rotatable bonds is 31. The minimum absolute atomic E-state index is 0.356. The molecule has 0 radical (unpaired) electrons. The number of unbranched alkanes of at least 4 members (excludes halogenated alkanes) is 18. The number of carbonyl (C=O) groups is 1. The average molecular weight is 596 g/mol. The fourth-order valence-electron chi connectivity index (χ4n) is 5.25. The normalized spacial score (nSPS) is 14.9. The zero-order valence-electron chi connectivity index (χ0n) is 27.5. The summed E-state index contributed by atoms with van der Waals surface area (Å²) in [5, 5.41) is 42.8. The van der Waals surface area contributed by atoms with Crippen LogP contribution >= 0.6 is 0 Å². The van der Waals surface area contributed by atoms with E-state index in [0.717, 1.165) is 64.2 Å². The van der Waals surface area contributed by atoms with Crippen LogP contribution in [0.25, 0.3) is 0 Å². The molecule has 4 unspecified atom stereocenters. The molecule has 0 aromatic carbocycles. The summed E-state index contributed by atoms with van der Waals surface area (Å²) < 4.78 is 0. The summed E-state index contributed by atoms with van der Waals surface area (Å²) in [6, 6.07) is -0.983. The van der Waals surface area contributed by atoms with Gasteiger partial charge in [-0.15, -0.1) is 0 Å². The third-order valence-electron chi connectivity index (χ3n) is 8.17. The summed E-state index contributed by atoms with van der Waals surface area (Å²) in [6.07, 6.45) is 32.6. The van der Waals surface area contributed by atoms with Gasteiger partial charge >= 0.3 is 0 Å². The van der Waals surface area contributed by atoms with Crippen LogP contribution in [0.4, 0.5) is 0 Å². The molecule has 1 amide bonds. The van der Waals surface area contributed by atoms with E-state index in [-0.39, 0.29) is 0 Å². The first-order valence-corrected chi connectivity index (χ1v) is 17.7. The molecule has 0 heterocycles. The van der Waals surface area contributed by atoms with Crippen molar-refractivity contribution in [3.63, 3.8) is 0 Å². The van der Waals surface area contributed by atoms with Gasteiger partial charge in [-0.3, -0.25) is 4.79 Å². The molecule has 0 fully saturated rings. The molecule has 0 saturated carbocycles. The van der Waals surface area contributed by atoms with E-state index < -0.39 is 36.9 Å². The largest absolute Gasteiger partial charge is 0.394 e. The van der Waals surface area contributed by atoms with Gasteiger partial charge < -0.3 is 25.7 Å². The molecular weight excluding hydrogens is 526 g/mol. The van der Waals surface area contributed by atoms with E-state index in [0.29, 0.717) is 12.8 Å². The third-order valence-corrected chi connectivity index (χ3v) is 8.17. The average Bonchev–Trinajstić information content (AvgIpc) is 2.99. The molecule has 42 heavy (non-hydrogen) atoms. The topological polar surface area (TPSA) is 110 Å². The second kappa shape index (κ2) is 31.2. The molecule has 0 spiro atoms. The number of aliphatic hydroxyl groups is 4. The zero-order chi connectivity index (χ0) is 31.1. The van der Waals surface area contributed by atoms with Crippen LogP contribution in [0.15, 0.2) is 24.3 Å². The summed E-state index contributed by atoms with van der Waals surface area (Å²) in [7, 11) is 0. The Labute approximate surface area is 259 Å². The monoisotopic (exact) mass is 596 g/mol. The Balaban J connectivity index is 3.69. The molecule has 4 atom stereocenters. The van der Waals surface area contributed by atoms with E-state index in [1.54, 1.807) is 0 Å². The first-order chi connectivity index (χ1) is 20.5. The first-order valence-electron chi connectivity index (χ1n) is 17.7. The molecular formula is C36H69NO5. The van der Waals surface area contributed by atoms with Gasteiger partial charge in [-0.1, -0.05) is 147 Å². The second-order valence-electron chi connectivity index (χ2n) is 12.2. The maximum Gasteiger partial charge on any atom is 0.249 e. The highest BCUT2D eigenvalue weighted by atomic mass is 16.3.